The number of hydrogen-bond acceptors (Lipinski definition) is 12. The molecule has 12 nitrogen and oxygen atoms in total. The highest BCUT2D eigenvalue weighted by Crippen LogP contribution is 2.85. The number of fused-ring (bicyclic) bond motifs is 4. The van der Waals surface area contributed by atoms with Gasteiger partial charge in [-0.1, -0.05) is 31.3 Å². The first kappa shape index (κ1) is 38.0. The van der Waals surface area contributed by atoms with Crippen LogP contribution in [0.25, 0.3) is 15.8 Å². The molecular weight excluding hydrogens is 742 g/mol. The molecule has 9 rings (SSSR count). The molecule has 1 aliphatic heterocycles. The highest BCUT2D eigenvalue weighted by Gasteiger charge is 2.82. The Morgan fingerprint density at radius 2 is 1.96 bits per heavy atom. The van der Waals surface area contributed by atoms with Gasteiger partial charge in [-0.05, 0) is 119 Å². The predicted octanol–water partition coefficient (Wildman–Crippen LogP) is 7.96. The number of benzene rings is 1. The van der Waals surface area contributed by atoms with Gasteiger partial charge in [-0.25, -0.2) is 19.2 Å². The quantitative estimate of drug-likeness (QED) is 0.0813. The fraction of sp³-hybridized carbons (Fsp3) is 0.535. The molecule has 4 fully saturated rings. The van der Waals surface area contributed by atoms with E-state index in [0.29, 0.717) is 68.2 Å². The lowest BCUT2D eigenvalue weighted by Gasteiger charge is -2.73. The zero-order valence-electron chi connectivity index (χ0n) is 33.5. The molecule has 1 aromatic carbocycles. The van der Waals surface area contributed by atoms with Gasteiger partial charge < -0.3 is 31.1 Å². The smallest absolute Gasteiger partial charge is 0.355 e. The minimum atomic E-state index is -1.15. The number of carbonyl (C=O) groups is 1. The number of carboxylic acid groups (broad SMARTS) is 1. The lowest BCUT2D eigenvalue weighted by Crippen LogP contribution is -2.71. The van der Waals surface area contributed by atoms with E-state index in [9.17, 15) is 14.3 Å². The van der Waals surface area contributed by atoms with Gasteiger partial charge in [-0.2, -0.15) is 0 Å². The number of halogens is 1. The van der Waals surface area contributed by atoms with E-state index in [4.69, 9.17) is 20.4 Å². The summed E-state index contributed by atoms with van der Waals surface area (Å²) in [6.07, 6.45) is 11.1. The second-order valence-corrected chi connectivity index (χ2v) is 19.1. The molecule has 5 unspecified atom stereocenters. The van der Waals surface area contributed by atoms with Crippen LogP contribution in [0, 0.1) is 34.4 Å². The first-order valence-electron chi connectivity index (χ1n) is 20.2. The minimum Gasteiger partial charge on any atom is -0.476 e. The van der Waals surface area contributed by atoms with Gasteiger partial charge in [0.25, 0.3) is 0 Å². The third kappa shape index (κ3) is 5.87. The number of nitrogens with zero attached hydrogens (tertiary/aromatic N) is 6. The van der Waals surface area contributed by atoms with Crippen LogP contribution in [0.4, 0.5) is 27.0 Å². The van der Waals surface area contributed by atoms with Gasteiger partial charge in [0, 0.05) is 59.2 Å². The number of nitrogens with two attached hydrogens (primary N) is 1. The molecule has 0 amide bonds. The number of rotatable bonds is 12. The summed E-state index contributed by atoms with van der Waals surface area (Å²) in [5.74, 6) is 0.174. The Morgan fingerprint density at radius 3 is 2.74 bits per heavy atom. The molecule has 300 valence electrons. The number of aromatic nitrogens is 4. The van der Waals surface area contributed by atoms with Crippen molar-refractivity contribution in [3.8, 4) is 0 Å². The summed E-state index contributed by atoms with van der Waals surface area (Å²) in [6.45, 7) is 11.8. The maximum atomic E-state index is 14.4. The monoisotopic (exact) mass is 793 g/mol. The second kappa shape index (κ2) is 13.5. The Labute approximate surface area is 336 Å². The molecule has 3 bridgehead atoms. The third-order valence-corrected chi connectivity index (χ3v) is 15.4. The van der Waals surface area contributed by atoms with Crippen LogP contribution in [0.15, 0.2) is 41.5 Å². The standard InChI is InChI=1S/C43H52FN9O3S/c1-25-27-8-7-16-53(36(27)52-51-35(25)50-38-48-31-10-6-9-30(44)34(31)57-38)32-12-11-28(33(49-32)37(54)55)29(18-45)26(2)47-24-41-14-13-40(4)22-43(56-17-15-46-5)21-39(3,19-41)20-42(40,43)23-41/h6,9-12,18,46H,7-8,13-17,19-24,45H2,1-5H3,(H,54,55)(H,48,50,51). The highest BCUT2D eigenvalue weighted by atomic mass is 32.1. The molecule has 5 N–H and O–H groups in total. The largest absolute Gasteiger partial charge is 0.476 e. The van der Waals surface area contributed by atoms with Gasteiger partial charge in [0.1, 0.15) is 11.6 Å². The lowest BCUT2D eigenvalue weighted by atomic mass is 9.34. The molecule has 4 aromatic rings. The maximum absolute atomic E-state index is 14.4. The normalized spacial score (nSPS) is 30.3. The van der Waals surface area contributed by atoms with E-state index >= 15 is 0 Å². The van der Waals surface area contributed by atoms with Crippen LogP contribution in [-0.2, 0) is 11.2 Å². The van der Waals surface area contributed by atoms with E-state index < -0.39 is 5.97 Å². The topological polar surface area (TPSA) is 164 Å². The van der Waals surface area contributed by atoms with Crippen molar-refractivity contribution < 1.29 is 19.0 Å². The molecular formula is C43H52FN9O3S. The third-order valence-electron chi connectivity index (χ3n) is 14.4. The highest BCUT2D eigenvalue weighted by molar-refractivity contribution is 7.22. The molecule has 5 atom stereocenters. The number of aromatic carboxylic acids is 1. The Morgan fingerprint density at radius 1 is 1.12 bits per heavy atom. The number of likely N-dealkylation sites (N-methyl/N-ethyl adjacent to an activating group) is 1. The number of anilines is 4. The number of ether oxygens (including phenoxy) is 1. The Balaban J connectivity index is 0.965. The van der Waals surface area contributed by atoms with Crippen LogP contribution in [0.5, 0.6) is 0 Å². The summed E-state index contributed by atoms with van der Waals surface area (Å²) < 4.78 is 21.7. The van der Waals surface area contributed by atoms with Crippen molar-refractivity contribution in [1.29, 1.82) is 0 Å². The lowest BCUT2D eigenvalue weighted by molar-refractivity contribution is -0.299. The molecule has 4 aliphatic carbocycles. The van der Waals surface area contributed by atoms with Gasteiger partial charge in [-0.3, -0.25) is 4.99 Å². The van der Waals surface area contributed by atoms with Crippen LogP contribution in [0.2, 0.25) is 0 Å². The summed E-state index contributed by atoms with van der Waals surface area (Å²) in [5.41, 5.74) is 11.1. The van der Waals surface area contributed by atoms with Gasteiger partial charge >= 0.3 is 5.97 Å². The van der Waals surface area contributed by atoms with E-state index in [0.717, 1.165) is 69.2 Å². The van der Waals surface area contributed by atoms with Crippen LogP contribution < -0.4 is 21.3 Å². The number of thiazole rings is 1. The first-order chi connectivity index (χ1) is 27.3. The van der Waals surface area contributed by atoms with Crippen molar-refractivity contribution >= 4 is 61.4 Å². The minimum absolute atomic E-state index is 0.0439. The fourth-order valence-electron chi connectivity index (χ4n) is 12.2. The number of carboxylic acids is 1. The van der Waals surface area contributed by atoms with E-state index in [1.165, 1.54) is 36.4 Å². The van der Waals surface area contributed by atoms with Gasteiger partial charge in [0.2, 0.25) is 0 Å². The zero-order valence-corrected chi connectivity index (χ0v) is 34.3. The predicted molar refractivity (Wildman–Crippen MR) is 222 cm³/mol. The van der Waals surface area contributed by atoms with Crippen molar-refractivity contribution in [2.45, 2.75) is 91.1 Å². The van der Waals surface area contributed by atoms with Crippen molar-refractivity contribution in [2.24, 2.45) is 32.4 Å². The Bertz CT molecular complexity index is 2370. The van der Waals surface area contributed by atoms with E-state index in [-0.39, 0.29) is 33.4 Å². The van der Waals surface area contributed by atoms with Gasteiger partial charge in [0.05, 0.1) is 22.4 Å². The van der Waals surface area contributed by atoms with Crippen LogP contribution in [0.3, 0.4) is 0 Å². The maximum Gasteiger partial charge on any atom is 0.355 e. The Kier molecular flexibility index (Phi) is 9.02. The van der Waals surface area contributed by atoms with Crippen molar-refractivity contribution in [1.82, 2.24) is 25.5 Å². The molecule has 5 aliphatic rings. The number of nitrogens with one attached hydrogen (secondary N) is 2. The fourth-order valence-corrected chi connectivity index (χ4v) is 13.1. The molecule has 3 aromatic heterocycles. The number of aliphatic imine (C=N–C) groups is 1. The van der Waals surface area contributed by atoms with Crippen molar-refractivity contribution in [3.05, 3.63) is 64.7 Å². The summed E-state index contributed by atoms with van der Waals surface area (Å²) in [7, 11) is 1.98. The zero-order chi connectivity index (χ0) is 40.0. The van der Waals surface area contributed by atoms with Gasteiger partial charge in [0.15, 0.2) is 22.5 Å². The number of allylic oxidation sites excluding steroid dienone is 1. The van der Waals surface area contributed by atoms with Crippen molar-refractivity contribution in [2.75, 3.05) is 43.5 Å². The average Bonchev–Trinajstić information content (AvgIpc) is 3.67. The molecule has 0 radical (unpaired) electrons. The summed E-state index contributed by atoms with van der Waals surface area (Å²) in [4.78, 5) is 29.3. The summed E-state index contributed by atoms with van der Waals surface area (Å²) in [6, 6.07) is 8.46. The van der Waals surface area contributed by atoms with Crippen LogP contribution in [-0.4, -0.2) is 75.8 Å². The molecule has 0 saturated heterocycles. The molecule has 1 spiro atoms. The molecule has 14 heteroatoms. The first-order valence-corrected chi connectivity index (χ1v) is 21.0. The number of hydrogen-bond donors (Lipinski definition) is 4. The van der Waals surface area contributed by atoms with E-state index in [1.807, 2.05) is 31.9 Å². The SMILES string of the molecule is CNCCOC12CC3(C)CC4(CN=C(C)C(=CN)c5ccc(N6CCCc7c6nnc(Nc6nc8cccc(F)c8s6)c7C)nc5C(=O)O)CCC(C)(C1)C2(C3)C4. The van der Waals surface area contributed by atoms with Crippen LogP contribution >= 0.6 is 11.3 Å². The molecule has 4 heterocycles. The number of pyridine rings is 1. The molecule has 57 heavy (non-hydrogen) atoms. The average molecular weight is 794 g/mol. The molecule has 4 saturated carbocycles. The summed E-state index contributed by atoms with van der Waals surface area (Å²) in [5, 5.41) is 26.6. The van der Waals surface area contributed by atoms with Gasteiger partial charge in [-0.15, -0.1) is 10.2 Å². The van der Waals surface area contributed by atoms with Crippen LogP contribution in [0.1, 0.15) is 99.3 Å². The second-order valence-electron chi connectivity index (χ2n) is 18.1. The Hall–Kier alpha value is -4.53. The van der Waals surface area contributed by atoms with E-state index in [2.05, 4.69) is 39.7 Å². The summed E-state index contributed by atoms with van der Waals surface area (Å²) >= 11 is 1.22. The van der Waals surface area contributed by atoms with Crippen molar-refractivity contribution in [3.63, 3.8) is 0 Å². The van der Waals surface area contributed by atoms with E-state index in [1.54, 1.807) is 18.2 Å².